The number of rotatable bonds is 3. The Labute approximate surface area is 120 Å². The predicted octanol–water partition coefficient (Wildman–Crippen LogP) is 1.61. The lowest BCUT2D eigenvalue weighted by atomic mass is 9.50. The SMILES string of the molecule is COC(=O)N([N+](=O)[O-])C12C[C@H]3C[C@@H](C1)CC([N+](=O)[O-])(C3)C2. The van der Waals surface area contributed by atoms with Crippen molar-refractivity contribution in [2.24, 2.45) is 11.8 Å². The molecule has 1 amide bonds. The Bertz CT molecular complexity index is 507. The van der Waals surface area contributed by atoms with Gasteiger partial charge in [0.25, 0.3) is 0 Å². The van der Waals surface area contributed by atoms with E-state index in [0.717, 1.165) is 13.5 Å². The van der Waals surface area contributed by atoms with Crippen LogP contribution in [0.25, 0.3) is 0 Å². The summed E-state index contributed by atoms with van der Waals surface area (Å²) in [6.45, 7) is 0. The van der Waals surface area contributed by atoms with Crippen molar-refractivity contribution in [3.05, 3.63) is 20.2 Å². The zero-order valence-corrected chi connectivity index (χ0v) is 11.7. The van der Waals surface area contributed by atoms with Gasteiger partial charge in [0.15, 0.2) is 5.03 Å². The van der Waals surface area contributed by atoms with Crippen molar-refractivity contribution < 1.29 is 19.5 Å². The lowest BCUT2D eigenvalue weighted by Gasteiger charge is -2.57. The number of carbonyl (C=O) groups is 1. The fraction of sp³-hybridized carbons (Fsp3) is 0.917. The summed E-state index contributed by atoms with van der Waals surface area (Å²) in [7, 11) is 1.09. The molecule has 4 rings (SSSR count). The highest BCUT2D eigenvalue weighted by Gasteiger charge is 2.69. The van der Waals surface area contributed by atoms with Gasteiger partial charge >= 0.3 is 6.09 Å². The summed E-state index contributed by atoms with van der Waals surface area (Å²) in [5.41, 5.74) is -2.19. The average Bonchev–Trinajstić information content (AvgIpc) is 2.35. The third-order valence-electron chi connectivity index (χ3n) is 5.35. The number of nitrogens with zero attached hydrogens (tertiary/aromatic N) is 3. The Morgan fingerprint density at radius 2 is 1.76 bits per heavy atom. The lowest BCUT2D eigenvalue weighted by molar-refractivity contribution is -0.668. The predicted molar refractivity (Wildman–Crippen MR) is 68.4 cm³/mol. The van der Waals surface area contributed by atoms with Crippen molar-refractivity contribution in [2.75, 3.05) is 7.11 Å². The summed E-state index contributed by atoms with van der Waals surface area (Å²) in [6.07, 6.45) is 1.71. The van der Waals surface area contributed by atoms with Gasteiger partial charge in [-0.3, -0.25) is 10.1 Å². The molecular weight excluding hydrogens is 282 g/mol. The van der Waals surface area contributed by atoms with Gasteiger partial charge in [-0.1, -0.05) is 0 Å². The van der Waals surface area contributed by atoms with Crippen LogP contribution in [0.15, 0.2) is 0 Å². The molecule has 0 aromatic carbocycles. The van der Waals surface area contributed by atoms with Gasteiger partial charge in [0.05, 0.1) is 7.11 Å². The highest BCUT2D eigenvalue weighted by molar-refractivity contribution is 5.67. The van der Waals surface area contributed by atoms with Crippen molar-refractivity contribution in [3.8, 4) is 0 Å². The Balaban J connectivity index is 2.02. The van der Waals surface area contributed by atoms with Crippen LogP contribution in [0.5, 0.6) is 0 Å². The number of hydrogen-bond acceptors (Lipinski definition) is 6. The normalized spacial score (nSPS) is 39.9. The second-order valence-electron chi connectivity index (χ2n) is 6.69. The summed E-state index contributed by atoms with van der Waals surface area (Å²) in [6, 6.07) is 0. The number of hydrogen-bond donors (Lipinski definition) is 0. The fourth-order valence-electron chi connectivity index (χ4n) is 5.15. The molecule has 0 heterocycles. The molecule has 0 saturated heterocycles. The van der Waals surface area contributed by atoms with E-state index < -0.39 is 22.2 Å². The van der Waals surface area contributed by atoms with Crippen LogP contribution >= 0.6 is 0 Å². The summed E-state index contributed by atoms with van der Waals surface area (Å²) in [5, 5.41) is 22.6. The largest absolute Gasteiger partial charge is 0.468 e. The van der Waals surface area contributed by atoms with Gasteiger partial charge in [-0.05, 0) is 36.1 Å². The molecular formula is C12H17N3O6. The maximum Gasteiger partial charge on any atom is 0.468 e. The van der Waals surface area contributed by atoms with Gasteiger partial charge in [0.1, 0.15) is 5.54 Å². The van der Waals surface area contributed by atoms with Crippen LogP contribution in [-0.2, 0) is 4.74 Å². The van der Waals surface area contributed by atoms with Gasteiger partial charge in [-0.2, -0.15) is 0 Å². The maximum atomic E-state index is 11.8. The van der Waals surface area contributed by atoms with E-state index in [1.165, 1.54) is 0 Å². The molecule has 4 fully saturated rings. The monoisotopic (exact) mass is 299 g/mol. The number of amides is 1. The quantitative estimate of drug-likeness (QED) is 0.577. The molecule has 4 bridgehead atoms. The number of ether oxygens (including phenoxy) is 1. The van der Waals surface area contributed by atoms with Gasteiger partial charge in [0.2, 0.25) is 5.54 Å². The molecule has 4 aliphatic carbocycles. The molecule has 4 atom stereocenters. The number of carbonyl (C=O) groups excluding carboxylic acids is 1. The van der Waals surface area contributed by atoms with E-state index in [2.05, 4.69) is 4.74 Å². The van der Waals surface area contributed by atoms with Crippen LogP contribution in [0.1, 0.15) is 38.5 Å². The van der Waals surface area contributed by atoms with Crippen LogP contribution < -0.4 is 0 Å². The minimum Gasteiger partial charge on any atom is -0.449 e. The van der Waals surface area contributed by atoms with E-state index in [1.54, 1.807) is 0 Å². The summed E-state index contributed by atoms with van der Waals surface area (Å²) in [4.78, 5) is 34.4. The zero-order chi connectivity index (χ0) is 15.4. The highest BCUT2D eigenvalue weighted by atomic mass is 16.7. The Hall–Kier alpha value is -1.93. The van der Waals surface area contributed by atoms with Crippen LogP contribution in [0.3, 0.4) is 0 Å². The molecule has 0 aromatic heterocycles. The molecule has 0 aromatic rings. The lowest BCUT2D eigenvalue weighted by Crippen LogP contribution is -2.69. The van der Waals surface area contributed by atoms with Gasteiger partial charge < -0.3 is 4.74 Å². The smallest absolute Gasteiger partial charge is 0.449 e. The van der Waals surface area contributed by atoms with Gasteiger partial charge in [-0.25, -0.2) is 14.9 Å². The van der Waals surface area contributed by atoms with Crippen molar-refractivity contribution >= 4 is 6.09 Å². The average molecular weight is 299 g/mol. The van der Waals surface area contributed by atoms with Crippen LogP contribution in [0, 0.1) is 32.1 Å². The third kappa shape index (κ3) is 1.86. The zero-order valence-electron chi connectivity index (χ0n) is 11.7. The first-order chi connectivity index (χ1) is 9.82. The van der Waals surface area contributed by atoms with Crippen molar-refractivity contribution in [1.82, 2.24) is 5.01 Å². The third-order valence-corrected chi connectivity index (χ3v) is 5.35. The molecule has 2 unspecified atom stereocenters. The number of methoxy groups -OCH3 is 1. The van der Waals surface area contributed by atoms with E-state index >= 15 is 0 Å². The fourth-order valence-corrected chi connectivity index (χ4v) is 5.15. The first-order valence-electron chi connectivity index (χ1n) is 6.99. The molecule has 9 heteroatoms. The molecule has 0 radical (unpaired) electrons. The highest BCUT2D eigenvalue weighted by Crippen LogP contribution is 2.60. The minimum atomic E-state index is -1.12. The molecule has 0 N–H and O–H groups in total. The van der Waals surface area contributed by atoms with E-state index in [4.69, 9.17) is 0 Å². The Morgan fingerprint density at radius 1 is 1.19 bits per heavy atom. The summed E-state index contributed by atoms with van der Waals surface area (Å²) < 4.78 is 4.53. The molecule has 9 nitrogen and oxygen atoms in total. The van der Waals surface area contributed by atoms with Crippen LogP contribution in [-0.4, -0.2) is 39.2 Å². The van der Waals surface area contributed by atoms with E-state index in [-0.39, 0.29) is 23.2 Å². The Morgan fingerprint density at radius 3 is 2.19 bits per heavy atom. The second kappa shape index (κ2) is 4.28. The molecule has 0 aliphatic heterocycles. The molecule has 4 saturated carbocycles. The topological polar surface area (TPSA) is 116 Å². The summed E-state index contributed by atoms with van der Waals surface area (Å²) in [5.74, 6) is 0.146. The van der Waals surface area contributed by atoms with Crippen molar-refractivity contribution in [1.29, 1.82) is 0 Å². The van der Waals surface area contributed by atoms with Gasteiger partial charge in [0, 0.05) is 24.2 Å². The van der Waals surface area contributed by atoms with Crippen LogP contribution in [0.4, 0.5) is 4.79 Å². The summed E-state index contributed by atoms with van der Waals surface area (Å²) >= 11 is 0. The van der Waals surface area contributed by atoms with E-state index in [9.17, 15) is 25.0 Å². The minimum absolute atomic E-state index is 0.0517. The standard InChI is InChI=1S/C12H17N3O6/c1-21-10(16)13(15(19)20)11-3-8-2-9(4-11)6-12(5-8,7-11)14(17)18/h8-9H,2-7H2,1H3/t8-,9+,11?,12?. The molecule has 4 aliphatic rings. The first kappa shape index (κ1) is 14.0. The molecule has 21 heavy (non-hydrogen) atoms. The van der Waals surface area contributed by atoms with Crippen molar-refractivity contribution in [3.63, 3.8) is 0 Å². The molecule has 0 spiro atoms. The second-order valence-corrected chi connectivity index (χ2v) is 6.69. The van der Waals surface area contributed by atoms with Gasteiger partial charge in [-0.15, -0.1) is 0 Å². The number of hydrazine groups is 1. The molecule has 116 valence electrons. The van der Waals surface area contributed by atoms with E-state index in [0.29, 0.717) is 30.7 Å². The van der Waals surface area contributed by atoms with Crippen molar-refractivity contribution in [2.45, 2.75) is 49.6 Å². The Kier molecular flexibility index (Phi) is 2.86. The first-order valence-corrected chi connectivity index (χ1v) is 6.99. The van der Waals surface area contributed by atoms with Crippen LogP contribution in [0.2, 0.25) is 0 Å². The number of nitro groups is 2. The van der Waals surface area contributed by atoms with E-state index in [1.807, 2.05) is 0 Å². The maximum absolute atomic E-state index is 11.8.